The molecule has 6 heteroatoms. The Morgan fingerprint density at radius 2 is 2.00 bits per heavy atom. The summed E-state index contributed by atoms with van der Waals surface area (Å²) in [5, 5.41) is 7.22. The van der Waals surface area contributed by atoms with Crippen molar-refractivity contribution in [2.75, 3.05) is 6.54 Å². The molecule has 20 heavy (non-hydrogen) atoms. The summed E-state index contributed by atoms with van der Waals surface area (Å²) in [5.74, 6) is -1.86. The number of aryl methyl sites for hydroxylation is 1. The van der Waals surface area contributed by atoms with Crippen molar-refractivity contribution in [2.24, 2.45) is 0 Å². The largest absolute Gasteiger partial charge is 0.311 e. The van der Waals surface area contributed by atoms with E-state index in [4.69, 9.17) is 0 Å². The maximum absolute atomic E-state index is 13.3. The summed E-state index contributed by atoms with van der Waals surface area (Å²) in [6.45, 7) is 4.65. The molecule has 0 aliphatic rings. The van der Waals surface area contributed by atoms with Crippen LogP contribution in [0.2, 0.25) is 0 Å². The van der Waals surface area contributed by atoms with Gasteiger partial charge in [-0.2, -0.15) is 5.10 Å². The van der Waals surface area contributed by atoms with Crippen LogP contribution in [0.5, 0.6) is 0 Å². The van der Waals surface area contributed by atoms with Crippen molar-refractivity contribution < 1.29 is 8.78 Å². The molecule has 1 aromatic heterocycles. The van der Waals surface area contributed by atoms with Crippen LogP contribution in [0.1, 0.15) is 18.3 Å². The van der Waals surface area contributed by atoms with Crippen LogP contribution < -0.4 is 10.7 Å². The van der Waals surface area contributed by atoms with E-state index in [1.807, 2.05) is 6.92 Å². The molecule has 0 bridgehead atoms. The molecule has 1 aromatic carbocycles. The highest BCUT2D eigenvalue weighted by molar-refractivity contribution is 5.33. The summed E-state index contributed by atoms with van der Waals surface area (Å²) in [6, 6.07) is 4.94. The zero-order valence-electron chi connectivity index (χ0n) is 11.3. The minimum Gasteiger partial charge on any atom is -0.311 e. The molecule has 0 amide bonds. The molecule has 0 saturated heterocycles. The highest BCUT2D eigenvalue weighted by Crippen LogP contribution is 2.13. The van der Waals surface area contributed by atoms with E-state index in [-0.39, 0.29) is 5.43 Å². The Morgan fingerprint density at radius 1 is 1.25 bits per heavy atom. The van der Waals surface area contributed by atoms with Crippen LogP contribution in [0.4, 0.5) is 8.78 Å². The van der Waals surface area contributed by atoms with E-state index < -0.39 is 11.6 Å². The quantitative estimate of drug-likeness (QED) is 0.930. The molecule has 0 atom stereocenters. The van der Waals surface area contributed by atoms with Gasteiger partial charge < -0.3 is 5.32 Å². The van der Waals surface area contributed by atoms with Crippen LogP contribution in [0.15, 0.2) is 29.1 Å². The number of aromatic nitrogens is 2. The standard InChI is InChI=1S/C14H15F2N3O/c1-3-17-8-13-14(20)6-9(2)19(18-13)10-4-5-11(15)12(16)7-10/h4-7,17H,3,8H2,1-2H3. The Kier molecular flexibility index (Phi) is 4.24. The molecule has 0 spiro atoms. The molecule has 0 aliphatic carbocycles. The average Bonchev–Trinajstić information content (AvgIpc) is 2.41. The monoisotopic (exact) mass is 279 g/mol. The number of hydrogen-bond acceptors (Lipinski definition) is 3. The minimum atomic E-state index is -0.948. The van der Waals surface area contributed by atoms with Crippen LogP contribution in [-0.2, 0) is 6.54 Å². The summed E-state index contributed by atoms with van der Waals surface area (Å²) in [5.41, 5.74) is 1.09. The first-order valence-electron chi connectivity index (χ1n) is 6.29. The van der Waals surface area contributed by atoms with Gasteiger partial charge in [0.1, 0.15) is 5.69 Å². The predicted molar refractivity (Wildman–Crippen MR) is 71.9 cm³/mol. The van der Waals surface area contributed by atoms with Crippen molar-refractivity contribution in [3.05, 3.63) is 57.5 Å². The van der Waals surface area contributed by atoms with E-state index in [1.54, 1.807) is 6.92 Å². The number of nitrogens with zero attached hydrogens (tertiary/aromatic N) is 2. The first-order valence-corrected chi connectivity index (χ1v) is 6.29. The van der Waals surface area contributed by atoms with E-state index in [0.29, 0.717) is 30.2 Å². The molecule has 2 rings (SSSR count). The van der Waals surface area contributed by atoms with Gasteiger partial charge in [-0.1, -0.05) is 6.92 Å². The molecule has 0 radical (unpaired) electrons. The predicted octanol–water partition coefficient (Wildman–Crippen LogP) is 1.93. The van der Waals surface area contributed by atoms with Crippen LogP contribution in [0, 0.1) is 18.6 Å². The number of nitrogens with one attached hydrogen (secondary N) is 1. The minimum absolute atomic E-state index is 0.178. The van der Waals surface area contributed by atoms with Crippen molar-refractivity contribution >= 4 is 0 Å². The Bertz CT molecular complexity index is 683. The van der Waals surface area contributed by atoms with Gasteiger partial charge in [0.05, 0.1) is 5.69 Å². The molecular formula is C14H15F2N3O. The van der Waals surface area contributed by atoms with Gasteiger partial charge in [0.25, 0.3) is 0 Å². The first kappa shape index (κ1) is 14.3. The first-order chi connectivity index (χ1) is 9.52. The van der Waals surface area contributed by atoms with Crippen molar-refractivity contribution in [2.45, 2.75) is 20.4 Å². The maximum atomic E-state index is 13.3. The third kappa shape index (κ3) is 2.91. The van der Waals surface area contributed by atoms with Gasteiger partial charge in [0.2, 0.25) is 5.43 Å². The van der Waals surface area contributed by atoms with Crippen molar-refractivity contribution in [1.82, 2.24) is 15.1 Å². The Morgan fingerprint density at radius 3 is 2.65 bits per heavy atom. The highest BCUT2D eigenvalue weighted by atomic mass is 19.2. The zero-order valence-corrected chi connectivity index (χ0v) is 11.3. The average molecular weight is 279 g/mol. The summed E-state index contributed by atoms with van der Waals surface area (Å²) in [6.07, 6.45) is 0. The van der Waals surface area contributed by atoms with Gasteiger partial charge in [-0.3, -0.25) is 4.79 Å². The van der Waals surface area contributed by atoms with Gasteiger partial charge in [0, 0.05) is 24.4 Å². The summed E-state index contributed by atoms with van der Waals surface area (Å²) >= 11 is 0. The molecule has 0 saturated carbocycles. The molecule has 0 fully saturated rings. The maximum Gasteiger partial charge on any atom is 0.204 e. The van der Waals surface area contributed by atoms with Crippen molar-refractivity contribution in [3.8, 4) is 5.69 Å². The van der Waals surface area contributed by atoms with E-state index in [9.17, 15) is 13.6 Å². The molecule has 2 aromatic rings. The Hall–Kier alpha value is -2.08. The lowest BCUT2D eigenvalue weighted by molar-refractivity contribution is 0.507. The summed E-state index contributed by atoms with van der Waals surface area (Å²) in [7, 11) is 0. The lowest BCUT2D eigenvalue weighted by Crippen LogP contribution is -2.24. The fourth-order valence-corrected chi connectivity index (χ4v) is 1.83. The van der Waals surface area contributed by atoms with Crippen molar-refractivity contribution in [3.63, 3.8) is 0 Å². The van der Waals surface area contributed by atoms with Gasteiger partial charge >= 0.3 is 0 Å². The Labute approximate surface area is 115 Å². The zero-order chi connectivity index (χ0) is 14.7. The van der Waals surface area contributed by atoms with Crippen LogP contribution in [0.3, 0.4) is 0 Å². The number of hydrogen-bond donors (Lipinski definition) is 1. The topological polar surface area (TPSA) is 46.9 Å². The SMILES string of the molecule is CCNCc1nn(-c2ccc(F)c(F)c2)c(C)cc1=O. The lowest BCUT2D eigenvalue weighted by Gasteiger charge is -2.11. The van der Waals surface area contributed by atoms with Crippen LogP contribution >= 0.6 is 0 Å². The summed E-state index contributed by atoms with van der Waals surface area (Å²) < 4.78 is 27.7. The van der Waals surface area contributed by atoms with E-state index in [2.05, 4.69) is 10.4 Å². The third-order valence-electron chi connectivity index (χ3n) is 2.87. The molecule has 0 aliphatic heterocycles. The van der Waals surface area contributed by atoms with E-state index >= 15 is 0 Å². The van der Waals surface area contributed by atoms with Gasteiger partial charge in [-0.25, -0.2) is 13.5 Å². The fourth-order valence-electron chi connectivity index (χ4n) is 1.83. The lowest BCUT2D eigenvalue weighted by atomic mass is 10.2. The molecule has 1 heterocycles. The summed E-state index contributed by atoms with van der Waals surface area (Å²) in [4.78, 5) is 11.8. The molecule has 0 unspecified atom stereocenters. The normalized spacial score (nSPS) is 10.8. The van der Waals surface area contributed by atoms with Gasteiger partial charge in [-0.15, -0.1) is 0 Å². The smallest absolute Gasteiger partial charge is 0.204 e. The highest BCUT2D eigenvalue weighted by Gasteiger charge is 2.09. The molecule has 1 N–H and O–H groups in total. The fraction of sp³-hybridized carbons (Fsp3) is 0.286. The van der Waals surface area contributed by atoms with Gasteiger partial charge in [0.15, 0.2) is 11.6 Å². The molecular weight excluding hydrogens is 264 g/mol. The number of benzene rings is 1. The third-order valence-corrected chi connectivity index (χ3v) is 2.87. The molecule has 106 valence electrons. The van der Waals surface area contributed by atoms with E-state index in [1.165, 1.54) is 16.8 Å². The number of halogens is 2. The second-order valence-electron chi connectivity index (χ2n) is 4.39. The van der Waals surface area contributed by atoms with Gasteiger partial charge in [-0.05, 0) is 25.6 Å². The number of rotatable bonds is 4. The van der Waals surface area contributed by atoms with Crippen molar-refractivity contribution in [1.29, 1.82) is 0 Å². The second-order valence-corrected chi connectivity index (χ2v) is 4.39. The Balaban J connectivity index is 2.49. The second kappa shape index (κ2) is 5.92. The molecule has 4 nitrogen and oxygen atoms in total. The van der Waals surface area contributed by atoms with E-state index in [0.717, 1.165) is 12.1 Å². The van der Waals surface area contributed by atoms with Crippen LogP contribution in [0.25, 0.3) is 5.69 Å². The van der Waals surface area contributed by atoms with Crippen LogP contribution in [-0.4, -0.2) is 16.3 Å².